The lowest BCUT2D eigenvalue weighted by Crippen LogP contribution is -2.36. The van der Waals surface area contributed by atoms with E-state index in [0.717, 1.165) is 6.07 Å². The number of nitrogens with one attached hydrogen (secondary N) is 2. The van der Waals surface area contributed by atoms with Crippen LogP contribution in [0.2, 0.25) is 0 Å². The van der Waals surface area contributed by atoms with E-state index in [0.29, 0.717) is 0 Å². The molecule has 120 valence electrons. The van der Waals surface area contributed by atoms with Crippen molar-refractivity contribution in [3.05, 3.63) is 29.6 Å². The Bertz CT molecular complexity index is 594. The highest BCUT2D eigenvalue weighted by Crippen LogP contribution is 2.16. The van der Waals surface area contributed by atoms with Gasteiger partial charge in [-0.05, 0) is 18.2 Å². The molecule has 0 radical (unpaired) electrons. The lowest BCUT2D eigenvalue weighted by molar-refractivity contribution is -0.128. The largest absolute Gasteiger partial charge is 0.478 e. The Kier molecular flexibility index (Phi) is 5.62. The summed E-state index contributed by atoms with van der Waals surface area (Å²) in [6, 6.07) is 3.21. The van der Waals surface area contributed by atoms with Gasteiger partial charge < -0.3 is 15.7 Å². The van der Waals surface area contributed by atoms with E-state index in [2.05, 4.69) is 10.6 Å². The quantitative estimate of drug-likeness (QED) is 0.775. The van der Waals surface area contributed by atoms with Gasteiger partial charge in [0, 0.05) is 18.4 Å². The van der Waals surface area contributed by atoms with Gasteiger partial charge in [0.1, 0.15) is 5.82 Å². The molecular formula is C15H19FN2O4. The second kappa shape index (κ2) is 7.02. The van der Waals surface area contributed by atoms with E-state index in [-0.39, 0.29) is 30.1 Å². The fourth-order valence-electron chi connectivity index (χ4n) is 1.52. The van der Waals surface area contributed by atoms with Gasteiger partial charge in [0.15, 0.2) is 0 Å². The number of carboxylic acids is 1. The van der Waals surface area contributed by atoms with Gasteiger partial charge in [-0.3, -0.25) is 9.59 Å². The fourth-order valence-corrected chi connectivity index (χ4v) is 1.52. The number of anilines is 1. The first-order valence-electron chi connectivity index (χ1n) is 6.72. The Morgan fingerprint density at radius 3 is 2.36 bits per heavy atom. The lowest BCUT2D eigenvalue weighted by atomic mass is 9.96. The van der Waals surface area contributed by atoms with E-state index < -0.39 is 23.1 Å². The van der Waals surface area contributed by atoms with E-state index in [9.17, 15) is 18.8 Å². The summed E-state index contributed by atoms with van der Waals surface area (Å²) in [6.45, 7) is 5.39. The number of hydrogen-bond donors (Lipinski definition) is 3. The molecule has 3 N–H and O–H groups in total. The molecule has 0 bridgehead atoms. The van der Waals surface area contributed by atoms with Gasteiger partial charge >= 0.3 is 5.97 Å². The highest BCUT2D eigenvalue weighted by molar-refractivity contribution is 5.93. The second-order valence-corrected chi connectivity index (χ2v) is 5.80. The molecule has 0 unspecified atom stereocenters. The van der Waals surface area contributed by atoms with Crippen molar-refractivity contribution in [3.63, 3.8) is 0 Å². The van der Waals surface area contributed by atoms with Crippen molar-refractivity contribution in [2.75, 3.05) is 11.9 Å². The lowest BCUT2D eigenvalue weighted by Gasteiger charge is -2.17. The van der Waals surface area contributed by atoms with Crippen LogP contribution in [0, 0.1) is 11.2 Å². The smallest absolute Gasteiger partial charge is 0.335 e. The van der Waals surface area contributed by atoms with Gasteiger partial charge in [0.05, 0.1) is 11.3 Å². The first kappa shape index (κ1) is 17.6. The number of hydrogen-bond acceptors (Lipinski definition) is 3. The van der Waals surface area contributed by atoms with E-state index in [1.165, 1.54) is 12.1 Å². The van der Waals surface area contributed by atoms with Crippen LogP contribution in [0.1, 0.15) is 37.6 Å². The zero-order valence-electron chi connectivity index (χ0n) is 12.7. The van der Waals surface area contributed by atoms with Crippen LogP contribution in [-0.2, 0) is 9.59 Å². The third-order valence-corrected chi connectivity index (χ3v) is 2.81. The molecule has 0 heterocycles. The number of carboxylic acid groups (broad SMARTS) is 1. The van der Waals surface area contributed by atoms with E-state index in [1.807, 2.05) is 0 Å². The van der Waals surface area contributed by atoms with E-state index in [1.54, 1.807) is 20.8 Å². The zero-order valence-corrected chi connectivity index (χ0v) is 12.7. The SMILES string of the molecule is CC(C)(C)C(=O)NCCC(=O)Nc1ccc(C(=O)O)cc1F. The van der Waals surface area contributed by atoms with Crippen LogP contribution < -0.4 is 10.6 Å². The minimum absolute atomic E-state index is 0.0120. The van der Waals surface area contributed by atoms with Crippen molar-refractivity contribution in [1.82, 2.24) is 5.32 Å². The van der Waals surface area contributed by atoms with Gasteiger partial charge in [0.2, 0.25) is 11.8 Å². The van der Waals surface area contributed by atoms with Crippen molar-refractivity contribution in [2.24, 2.45) is 5.41 Å². The number of halogens is 1. The van der Waals surface area contributed by atoms with E-state index >= 15 is 0 Å². The number of carbonyl (C=O) groups is 3. The Labute approximate surface area is 127 Å². The number of benzene rings is 1. The molecule has 0 aromatic heterocycles. The molecule has 0 saturated heterocycles. The summed E-state index contributed by atoms with van der Waals surface area (Å²) in [7, 11) is 0. The van der Waals surface area contributed by atoms with Gasteiger partial charge in [-0.1, -0.05) is 20.8 Å². The molecule has 0 aliphatic carbocycles. The fraction of sp³-hybridized carbons (Fsp3) is 0.400. The molecule has 7 heteroatoms. The zero-order chi connectivity index (χ0) is 16.9. The summed E-state index contributed by atoms with van der Waals surface area (Å²) in [4.78, 5) is 33.9. The molecule has 0 aliphatic rings. The van der Waals surface area contributed by atoms with Crippen LogP contribution in [0.15, 0.2) is 18.2 Å². The van der Waals surface area contributed by atoms with Crippen molar-refractivity contribution in [1.29, 1.82) is 0 Å². The van der Waals surface area contributed by atoms with Crippen LogP contribution in [0.3, 0.4) is 0 Å². The van der Waals surface area contributed by atoms with Crippen molar-refractivity contribution in [2.45, 2.75) is 27.2 Å². The average Bonchev–Trinajstić information content (AvgIpc) is 2.39. The van der Waals surface area contributed by atoms with Crippen LogP contribution in [0.5, 0.6) is 0 Å². The van der Waals surface area contributed by atoms with Gasteiger partial charge in [-0.15, -0.1) is 0 Å². The molecule has 6 nitrogen and oxygen atoms in total. The maximum absolute atomic E-state index is 13.6. The second-order valence-electron chi connectivity index (χ2n) is 5.80. The summed E-state index contributed by atoms with van der Waals surface area (Å²) in [5.41, 5.74) is -0.847. The molecule has 0 spiro atoms. The molecule has 0 aliphatic heterocycles. The Hall–Kier alpha value is -2.44. The number of carbonyl (C=O) groups excluding carboxylic acids is 2. The standard InChI is InChI=1S/C15H19FN2O4/c1-15(2,3)14(22)17-7-6-12(19)18-11-5-4-9(13(20)21)8-10(11)16/h4-5,8H,6-7H2,1-3H3,(H,17,22)(H,18,19)(H,20,21). The molecular weight excluding hydrogens is 291 g/mol. The third kappa shape index (κ3) is 5.16. The summed E-state index contributed by atoms with van der Waals surface area (Å²) >= 11 is 0. The van der Waals surface area contributed by atoms with Gasteiger partial charge in [-0.2, -0.15) is 0 Å². The highest BCUT2D eigenvalue weighted by Gasteiger charge is 2.20. The van der Waals surface area contributed by atoms with Crippen molar-refractivity contribution in [3.8, 4) is 0 Å². The molecule has 2 amide bonds. The Morgan fingerprint density at radius 2 is 1.86 bits per heavy atom. The third-order valence-electron chi connectivity index (χ3n) is 2.81. The van der Waals surface area contributed by atoms with Gasteiger partial charge in [-0.25, -0.2) is 9.18 Å². The summed E-state index contributed by atoms with van der Waals surface area (Å²) in [5, 5.41) is 13.7. The number of aromatic carboxylic acids is 1. The number of rotatable bonds is 5. The molecule has 0 atom stereocenters. The summed E-state index contributed by atoms with van der Waals surface area (Å²) in [5.74, 6) is -2.73. The first-order valence-corrected chi connectivity index (χ1v) is 6.72. The molecule has 1 rings (SSSR count). The van der Waals surface area contributed by atoms with Crippen molar-refractivity contribution < 1.29 is 23.9 Å². The molecule has 22 heavy (non-hydrogen) atoms. The summed E-state index contributed by atoms with van der Waals surface area (Å²) in [6.07, 6.45) is -0.0120. The maximum atomic E-state index is 13.6. The minimum atomic E-state index is -1.25. The van der Waals surface area contributed by atoms with E-state index in [4.69, 9.17) is 5.11 Å². The number of amides is 2. The topological polar surface area (TPSA) is 95.5 Å². The Balaban J connectivity index is 2.52. The highest BCUT2D eigenvalue weighted by atomic mass is 19.1. The van der Waals surface area contributed by atoms with Crippen LogP contribution >= 0.6 is 0 Å². The van der Waals surface area contributed by atoms with Crippen LogP contribution in [0.4, 0.5) is 10.1 Å². The minimum Gasteiger partial charge on any atom is -0.478 e. The molecule has 0 saturated carbocycles. The normalized spacial score (nSPS) is 10.9. The predicted octanol–water partition coefficient (Wildman–Crippen LogP) is 2.01. The molecule has 0 fully saturated rings. The van der Waals surface area contributed by atoms with Gasteiger partial charge in [0.25, 0.3) is 0 Å². The first-order chi connectivity index (χ1) is 10.1. The monoisotopic (exact) mass is 310 g/mol. The maximum Gasteiger partial charge on any atom is 0.335 e. The Morgan fingerprint density at radius 1 is 1.23 bits per heavy atom. The van der Waals surface area contributed by atoms with Crippen LogP contribution in [-0.4, -0.2) is 29.4 Å². The predicted molar refractivity (Wildman–Crippen MR) is 79.1 cm³/mol. The van der Waals surface area contributed by atoms with Crippen molar-refractivity contribution >= 4 is 23.5 Å². The average molecular weight is 310 g/mol. The summed E-state index contributed by atoms with van der Waals surface area (Å²) < 4.78 is 13.6. The molecule has 1 aromatic carbocycles. The van der Waals surface area contributed by atoms with Crippen LogP contribution in [0.25, 0.3) is 0 Å². The molecule has 1 aromatic rings.